The van der Waals surface area contributed by atoms with Crippen molar-refractivity contribution in [3.8, 4) is 0 Å². The molecule has 0 aliphatic carbocycles. The Kier molecular flexibility index (Phi) is 6.82. The fourth-order valence-corrected chi connectivity index (χ4v) is 2.89. The SMILES string of the molecule is CN1CCN(c2ccc([N+](=O)[O-])cc2C(=O)c2ccccc2)CC1.CO. The maximum atomic E-state index is 12.9. The van der Waals surface area contributed by atoms with Crippen LogP contribution >= 0.6 is 0 Å². The molecule has 1 fully saturated rings. The summed E-state index contributed by atoms with van der Waals surface area (Å²) in [7, 11) is 3.06. The largest absolute Gasteiger partial charge is 0.400 e. The minimum Gasteiger partial charge on any atom is -0.400 e. The van der Waals surface area contributed by atoms with Crippen molar-refractivity contribution < 1.29 is 14.8 Å². The fourth-order valence-electron chi connectivity index (χ4n) is 2.89. The topological polar surface area (TPSA) is 86.9 Å². The number of likely N-dealkylation sites (N-methyl/N-ethyl adjacent to an activating group) is 1. The molecule has 0 spiro atoms. The van der Waals surface area contributed by atoms with Crippen molar-refractivity contribution in [1.82, 2.24) is 4.90 Å². The highest BCUT2D eigenvalue weighted by atomic mass is 16.6. The number of piperazine rings is 1. The van der Waals surface area contributed by atoms with Gasteiger partial charge in [0.25, 0.3) is 5.69 Å². The van der Waals surface area contributed by atoms with Crippen LogP contribution in [-0.2, 0) is 0 Å². The standard InChI is InChI=1S/C18H19N3O3.CH4O/c1-19-9-11-20(12-10-19)17-8-7-15(21(23)24)13-16(17)18(22)14-5-3-2-4-6-14;1-2/h2-8,13H,9-12H2,1H3;2H,1H3. The lowest BCUT2D eigenvalue weighted by molar-refractivity contribution is -0.384. The van der Waals surface area contributed by atoms with Gasteiger partial charge in [-0.15, -0.1) is 0 Å². The quantitative estimate of drug-likeness (QED) is 0.513. The molecule has 1 aliphatic rings. The van der Waals surface area contributed by atoms with Gasteiger partial charge in [-0.05, 0) is 13.1 Å². The van der Waals surface area contributed by atoms with Gasteiger partial charge in [-0.2, -0.15) is 0 Å². The molecule has 1 N–H and O–H groups in total. The lowest BCUT2D eigenvalue weighted by atomic mass is 10.00. The van der Waals surface area contributed by atoms with E-state index in [1.807, 2.05) is 6.07 Å². The number of benzene rings is 2. The second-order valence-electron chi connectivity index (χ2n) is 5.94. The Balaban J connectivity index is 0.00000117. The lowest BCUT2D eigenvalue weighted by Crippen LogP contribution is -2.45. The van der Waals surface area contributed by atoms with Gasteiger partial charge in [0, 0.05) is 56.7 Å². The molecular weight excluding hydrogens is 334 g/mol. The van der Waals surface area contributed by atoms with Crippen LogP contribution in [0.1, 0.15) is 15.9 Å². The van der Waals surface area contributed by atoms with Crippen LogP contribution in [0.4, 0.5) is 11.4 Å². The van der Waals surface area contributed by atoms with E-state index >= 15 is 0 Å². The van der Waals surface area contributed by atoms with Crippen LogP contribution in [0.2, 0.25) is 0 Å². The van der Waals surface area contributed by atoms with E-state index in [0.29, 0.717) is 11.1 Å². The summed E-state index contributed by atoms with van der Waals surface area (Å²) in [5.74, 6) is -0.187. The number of nitro benzene ring substituents is 1. The molecule has 2 aromatic carbocycles. The number of carbonyl (C=O) groups is 1. The van der Waals surface area contributed by atoms with Crippen LogP contribution < -0.4 is 4.90 Å². The normalized spacial score (nSPS) is 14.3. The van der Waals surface area contributed by atoms with Gasteiger partial charge in [0.05, 0.1) is 10.5 Å². The summed E-state index contributed by atoms with van der Waals surface area (Å²) < 4.78 is 0. The van der Waals surface area contributed by atoms with Gasteiger partial charge in [0.15, 0.2) is 5.78 Å². The molecule has 26 heavy (non-hydrogen) atoms. The zero-order valence-electron chi connectivity index (χ0n) is 15.0. The molecule has 3 rings (SSSR count). The van der Waals surface area contributed by atoms with Gasteiger partial charge >= 0.3 is 0 Å². The van der Waals surface area contributed by atoms with Gasteiger partial charge in [-0.1, -0.05) is 30.3 Å². The van der Waals surface area contributed by atoms with E-state index in [4.69, 9.17) is 5.11 Å². The van der Waals surface area contributed by atoms with E-state index in [1.54, 1.807) is 30.3 Å². The molecule has 0 amide bonds. The number of carbonyl (C=O) groups excluding carboxylic acids is 1. The molecule has 0 saturated carbocycles. The molecule has 1 heterocycles. The zero-order chi connectivity index (χ0) is 19.1. The van der Waals surface area contributed by atoms with E-state index < -0.39 is 4.92 Å². The number of nitrogens with zero attached hydrogens (tertiary/aromatic N) is 3. The third-order valence-corrected chi connectivity index (χ3v) is 4.32. The van der Waals surface area contributed by atoms with Crippen LogP contribution in [-0.4, -0.2) is 61.0 Å². The first-order valence-electron chi connectivity index (χ1n) is 8.32. The number of ketones is 1. The first-order valence-corrected chi connectivity index (χ1v) is 8.32. The summed E-state index contributed by atoms with van der Waals surface area (Å²) >= 11 is 0. The maximum absolute atomic E-state index is 12.9. The molecule has 2 aromatic rings. The van der Waals surface area contributed by atoms with Crippen molar-refractivity contribution in [3.63, 3.8) is 0 Å². The Hall–Kier alpha value is -2.77. The number of hydrogen-bond donors (Lipinski definition) is 1. The summed E-state index contributed by atoms with van der Waals surface area (Å²) in [4.78, 5) is 27.9. The lowest BCUT2D eigenvalue weighted by Gasteiger charge is -2.35. The third-order valence-electron chi connectivity index (χ3n) is 4.32. The van der Waals surface area contributed by atoms with Gasteiger partial charge in [-0.25, -0.2) is 0 Å². The molecule has 0 aromatic heterocycles. The van der Waals surface area contributed by atoms with Crippen molar-refractivity contribution in [3.05, 3.63) is 69.8 Å². The number of hydrogen-bond acceptors (Lipinski definition) is 6. The predicted molar refractivity (Wildman–Crippen MR) is 101 cm³/mol. The minimum absolute atomic E-state index is 0.0628. The van der Waals surface area contributed by atoms with Crippen LogP contribution in [0.15, 0.2) is 48.5 Å². The van der Waals surface area contributed by atoms with Crippen LogP contribution in [0, 0.1) is 10.1 Å². The smallest absolute Gasteiger partial charge is 0.270 e. The first kappa shape index (κ1) is 19.6. The number of aliphatic hydroxyl groups is 1. The Labute approximate surface area is 152 Å². The molecule has 0 atom stereocenters. The van der Waals surface area contributed by atoms with E-state index in [-0.39, 0.29) is 11.5 Å². The monoisotopic (exact) mass is 357 g/mol. The van der Waals surface area contributed by atoms with Gasteiger partial charge in [0.1, 0.15) is 0 Å². The Bertz CT molecular complexity index is 757. The number of non-ortho nitro benzene ring substituents is 1. The van der Waals surface area contributed by atoms with E-state index in [9.17, 15) is 14.9 Å². The number of nitro groups is 1. The Morgan fingerprint density at radius 2 is 1.65 bits per heavy atom. The van der Waals surface area contributed by atoms with Crippen molar-refractivity contribution in [2.45, 2.75) is 0 Å². The van der Waals surface area contributed by atoms with Crippen molar-refractivity contribution in [2.24, 2.45) is 0 Å². The summed E-state index contributed by atoms with van der Waals surface area (Å²) in [5.41, 5.74) is 1.63. The molecule has 0 bridgehead atoms. The first-order chi connectivity index (χ1) is 12.6. The van der Waals surface area contributed by atoms with Crippen LogP contribution in [0.25, 0.3) is 0 Å². The van der Waals surface area contributed by atoms with Crippen molar-refractivity contribution >= 4 is 17.2 Å². The molecule has 1 aliphatic heterocycles. The molecule has 0 unspecified atom stereocenters. The summed E-state index contributed by atoms with van der Waals surface area (Å²) in [6.45, 7) is 3.39. The second kappa shape index (κ2) is 9.07. The van der Waals surface area contributed by atoms with Gasteiger partial charge in [0.2, 0.25) is 0 Å². The summed E-state index contributed by atoms with van der Waals surface area (Å²) in [6, 6.07) is 13.4. The highest BCUT2D eigenvalue weighted by Crippen LogP contribution is 2.28. The number of rotatable bonds is 4. The number of aliphatic hydroxyl groups excluding tert-OH is 1. The van der Waals surface area contributed by atoms with E-state index in [0.717, 1.165) is 39.0 Å². The highest BCUT2D eigenvalue weighted by Gasteiger charge is 2.23. The number of anilines is 1. The van der Waals surface area contributed by atoms with E-state index in [2.05, 4.69) is 16.8 Å². The molecule has 7 nitrogen and oxygen atoms in total. The Morgan fingerprint density at radius 1 is 1.04 bits per heavy atom. The third kappa shape index (κ3) is 4.44. The Morgan fingerprint density at radius 3 is 2.23 bits per heavy atom. The van der Waals surface area contributed by atoms with Crippen LogP contribution in [0.3, 0.4) is 0 Å². The van der Waals surface area contributed by atoms with Crippen LogP contribution in [0.5, 0.6) is 0 Å². The average Bonchev–Trinajstić information content (AvgIpc) is 2.70. The second-order valence-corrected chi connectivity index (χ2v) is 5.94. The van der Waals surface area contributed by atoms with E-state index in [1.165, 1.54) is 12.1 Å². The van der Waals surface area contributed by atoms with Gasteiger partial charge < -0.3 is 14.9 Å². The fraction of sp³-hybridized carbons (Fsp3) is 0.316. The zero-order valence-corrected chi connectivity index (χ0v) is 15.0. The highest BCUT2D eigenvalue weighted by molar-refractivity contribution is 6.12. The van der Waals surface area contributed by atoms with Crippen molar-refractivity contribution in [1.29, 1.82) is 0 Å². The molecule has 1 saturated heterocycles. The molecule has 138 valence electrons. The summed E-state index contributed by atoms with van der Waals surface area (Å²) in [6.07, 6.45) is 0. The minimum atomic E-state index is -0.463. The molecular formula is C19H23N3O4. The maximum Gasteiger partial charge on any atom is 0.270 e. The average molecular weight is 357 g/mol. The van der Waals surface area contributed by atoms with Gasteiger partial charge in [-0.3, -0.25) is 14.9 Å². The predicted octanol–water partition coefficient (Wildman–Crippen LogP) is 2.19. The summed E-state index contributed by atoms with van der Waals surface area (Å²) in [5, 5.41) is 18.1. The van der Waals surface area contributed by atoms with Crippen molar-refractivity contribution in [2.75, 3.05) is 45.2 Å². The molecule has 0 radical (unpaired) electrons. The molecule has 7 heteroatoms.